The molecule has 1 aliphatic heterocycles. The van der Waals surface area contributed by atoms with Gasteiger partial charge in [-0.3, -0.25) is 4.57 Å². The van der Waals surface area contributed by atoms with Gasteiger partial charge in [-0.1, -0.05) is 0 Å². The third kappa shape index (κ3) is 2.33. The van der Waals surface area contributed by atoms with Crippen LogP contribution < -0.4 is 11.0 Å². The number of ether oxygens (including phenoxy) is 1. The second-order valence-electron chi connectivity index (χ2n) is 3.80. The molecule has 0 spiro atoms. The second-order valence-corrected chi connectivity index (χ2v) is 3.80. The zero-order valence-electron chi connectivity index (χ0n) is 9.61. The van der Waals surface area contributed by atoms with E-state index in [1.165, 1.54) is 0 Å². The van der Waals surface area contributed by atoms with Crippen molar-refractivity contribution in [3.8, 4) is 0 Å². The van der Waals surface area contributed by atoms with E-state index in [1.54, 1.807) is 9.25 Å². The molecule has 0 aliphatic carbocycles. The summed E-state index contributed by atoms with van der Waals surface area (Å²) in [7, 11) is 0. The van der Waals surface area contributed by atoms with E-state index in [0.717, 1.165) is 31.9 Å². The standard InChI is InChI=1S/C10H18N4O2/c1-2-16-7-3-5-14-10(15)13-6-4-11-8-9(13)12-14/h11H,2-8H2,1H3. The third-order valence-electron chi connectivity index (χ3n) is 2.66. The van der Waals surface area contributed by atoms with E-state index in [0.29, 0.717) is 19.7 Å². The normalized spacial score (nSPS) is 15.1. The number of hydrogen-bond donors (Lipinski definition) is 1. The van der Waals surface area contributed by atoms with Crippen LogP contribution in [-0.2, 0) is 24.4 Å². The molecule has 1 aromatic heterocycles. The molecule has 0 unspecified atom stereocenters. The van der Waals surface area contributed by atoms with Crippen LogP contribution in [0.1, 0.15) is 19.2 Å². The van der Waals surface area contributed by atoms with Gasteiger partial charge in [0.1, 0.15) is 5.82 Å². The fourth-order valence-electron chi connectivity index (χ4n) is 1.84. The Morgan fingerprint density at radius 3 is 3.19 bits per heavy atom. The molecule has 0 saturated heterocycles. The first kappa shape index (κ1) is 11.3. The Hall–Kier alpha value is -1.14. The zero-order chi connectivity index (χ0) is 11.4. The highest BCUT2D eigenvalue weighted by Crippen LogP contribution is 1.98. The van der Waals surface area contributed by atoms with Crippen molar-refractivity contribution >= 4 is 0 Å². The third-order valence-corrected chi connectivity index (χ3v) is 2.66. The molecule has 0 fully saturated rings. The van der Waals surface area contributed by atoms with Crippen LogP contribution in [-0.4, -0.2) is 34.1 Å². The number of aromatic nitrogens is 3. The molecule has 6 nitrogen and oxygen atoms in total. The van der Waals surface area contributed by atoms with Crippen LogP contribution in [0, 0.1) is 0 Å². The van der Waals surface area contributed by atoms with Crippen molar-refractivity contribution in [2.75, 3.05) is 19.8 Å². The maximum absolute atomic E-state index is 11.9. The van der Waals surface area contributed by atoms with Gasteiger partial charge in [-0.05, 0) is 13.3 Å². The van der Waals surface area contributed by atoms with E-state index in [4.69, 9.17) is 4.74 Å². The number of rotatable bonds is 5. The van der Waals surface area contributed by atoms with E-state index in [9.17, 15) is 4.79 Å². The van der Waals surface area contributed by atoms with Crippen molar-refractivity contribution in [3.05, 3.63) is 16.3 Å². The molecule has 90 valence electrons. The van der Waals surface area contributed by atoms with Crippen molar-refractivity contribution in [2.24, 2.45) is 0 Å². The summed E-state index contributed by atoms with van der Waals surface area (Å²) >= 11 is 0. The Labute approximate surface area is 94.2 Å². The number of hydrogen-bond acceptors (Lipinski definition) is 4. The Morgan fingerprint density at radius 2 is 2.44 bits per heavy atom. The molecular formula is C10H18N4O2. The summed E-state index contributed by atoms with van der Waals surface area (Å²) in [5, 5.41) is 7.49. The smallest absolute Gasteiger partial charge is 0.345 e. The summed E-state index contributed by atoms with van der Waals surface area (Å²) in [5.74, 6) is 0.840. The number of fused-ring (bicyclic) bond motifs is 1. The van der Waals surface area contributed by atoms with Gasteiger partial charge in [-0.2, -0.15) is 5.10 Å². The zero-order valence-corrected chi connectivity index (χ0v) is 9.61. The van der Waals surface area contributed by atoms with E-state index in [1.807, 2.05) is 6.92 Å². The Balaban J connectivity index is 1.99. The minimum absolute atomic E-state index is 0.00741. The van der Waals surface area contributed by atoms with Crippen molar-refractivity contribution in [2.45, 2.75) is 33.0 Å². The minimum Gasteiger partial charge on any atom is -0.382 e. The number of nitrogens with zero attached hydrogens (tertiary/aromatic N) is 3. The predicted octanol–water partition coefficient (Wildman–Crippen LogP) is -0.425. The quantitative estimate of drug-likeness (QED) is 0.692. The molecular weight excluding hydrogens is 208 g/mol. The highest BCUT2D eigenvalue weighted by molar-refractivity contribution is 4.90. The fourth-order valence-corrected chi connectivity index (χ4v) is 1.84. The van der Waals surface area contributed by atoms with E-state index < -0.39 is 0 Å². The summed E-state index contributed by atoms with van der Waals surface area (Å²) < 4.78 is 8.53. The van der Waals surface area contributed by atoms with Gasteiger partial charge in [0.2, 0.25) is 0 Å². The second kappa shape index (κ2) is 5.27. The van der Waals surface area contributed by atoms with Gasteiger partial charge in [0.05, 0.1) is 6.54 Å². The molecule has 0 saturated carbocycles. The number of aryl methyl sites for hydroxylation is 1. The van der Waals surface area contributed by atoms with Crippen LogP contribution in [0.5, 0.6) is 0 Å². The van der Waals surface area contributed by atoms with Crippen molar-refractivity contribution < 1.29 is 4.74 Å². The van der Waals surface area contributed by atoms with Crippen LogP contribution in [0.15, 0.2) is 4.79 Å². The molecule has 0 radical (unpaired) electrons. The maximum Gasteiger partial charge on any atom is 0.345 e. The van der Waals surface area contributed by atoms with E-state index >= 15 is 0 Å². The summed E-state index contributed by atoms with van der Waals surface area (Å²) in [6.07, 6.45) is 0.831. The lowest BCUT2D eigenvalue weighted by Crippen LogP contribution is -2.34. The van der Waals surface area contributed by atoms with Crippen LogP contribution in [0.4, 0.5) is 0 Å². The van der Waals surface area contributed by atoms with Crippen LogP contribution in [0.2, 0.25) is 0 Å². The van der Waals surface area contributed by atoms with Gasteiger partial charge in [-0.25, -0.2) is 9.48 Å². The lowest BCUT2D eigenvalue weighted by molar-refractivity contribution is 0.140. The van der Waals surface area contributed by atoms with Crippen molar-refractivity contribution in [1.82, 2.24) is 19.7 Å². The van der Waals surface area contributed by atoms with Gasteiger partial charge in [0.25, 0.3) is 0 Å². The topological polar surface area (TPSA) is 61.1 Å². The molecule has 1 aromatic rings. The van der Waals surface area contributed by atoms with Gasteiger partial charge in [-0.15, -0.1) is 0 Å². The minimum atomic E-state index is 0.00741. The number of nitrogens with one attached hydrogen (secondary N) is 1. The Bertz CT molecular complexity index is 396. The fraction of sp³-hybridized carbons (Fsp3) is 0.800. The average Bonchev–Trinajstić information content (AvgIpc) is 2.63. The van der Waals surface area contributed by atoms with E-state index in [2.05, 4.69) is 10.4 Å². The molecule has 0 amide bonds. The highest BCUT2D eigenvalue weighted by Gasteiger charge is 2.15. The molecule has 1 N–H and O–H groups in total. The maximum atomic E-state index is 11.9. The molecule has 1 aliphatic rings. The molecule has 0 atom stereocenters. The molecule has 6 heteroatoms. The lowest BCUT2D eigenvalue weighted by atomic mass is 10.4. The Kier molecular flexibility index (Phi) is 3.74. The molecule has 16 heavy (non-hydrogen) atoms. The molecule has 2 heterocycles. The van der Waals surface area contributed by atoms with Crippen molar-refractivity contribution in [1.29, 1.82) is 0 Å². The average molecular weight is 226 g/mol. The lowest BCUT2D eigenvalue weighted by Gasteiger charge is -2.11. The SMILES string of the molecule is CCOCCCn1nc2n(c1=O)CCNC2. The van der Waals surface area contributed by atoms with Gasteiger partial charge in [0.15, 0.2) is 0 Å². The van der Waals surface area contributed by atoms with Crippen molar-refractivity contribution in [3.63, 3.8) is 0 Å². The monoisotopic (exact) mass is 226 g/mol. The van der Waals surface area contributed by atoms with Crippen LogP contribution in [0.3, 0.4) is 0 Å². The predicted molar refractivity (Wildman–Crippen MR) is 59.3 cm³/mol. The highest BCUT2D eigenvalue weighted by atomic mass is 16.5. The molecule has 0 bridgehead atoms. The first-order chi connectivity index (χ1) is 7.83. The Morgan fingerprint density at radius 1 is 1.56 bits per heavy atom. The summed E-state index contributed by atoms with van der Waals surface area (Å²) in [6, 6.07) is 0. The first-order valence-electron chi connectivity index (χ1n) is 5.78. The van der Waals surface area contributed by atoms with E-state index in [-0.39, 0.29) is 5.69 Å². The van der Waals surface area contributed by atoms with Gasteiger partial charge in [0, 0.05) is 32.8 Å². The summed E-state index contributed by atoms with van der Waals surface area (Å²) in [4.78, 5) is 11.9. The summed E-state index contributed by atoms with van der Waals surface area (Å²) in [5.41, 5.74) is 0.00741. The van der Waals surface area contributed by atoms with Gasteiger partial charge < -0.3 is 10.1 Å². The van der Waals surface area contributed by atoms with Gasteiger partial charge >= 0.3 is 5.69 Å². The first-order valence-corrected chi connectivity index (χ1v) is 5.78. The summed E-state index contributed by atoms with van der Waals surface area (Å²) in [6.45, 7) is 6.26. The van der Waals surface area contributed by atoms with Crippen LogP contribution >= 0.6 is 0 Å². The largest absolute Gasteiger partial charge is 0.382 e. The van der Waals surface area contributed by atoms with Crippen LogP contribution in [0.25, 0.3) is 0 Å². The molecule has 2 rings (SSSR count). The molecule has 0 aromatic carbocycles.